The highest BCUT2D eigenvalue weighted by Gasteiger charge is 2.26. The van der Waals surface area contributed by atoms with E-state index in [2.05, 4.69) is 33.2 Å². The van der Waals surface area contributed by atoms with E-state index in [0.717, 1.165) is 41.8 Å². The van der Waals surface area contributed by atoms with Gasteiger partial charge in [0.2, 0.25) is 0 Å². The number of piperidine rings is 1. The van der Waals surface area contributed by atoms with Crippen LogP contribution in [0.1, 0.15) is 43.0 Å². The Bertz CT molecular complexity index is 685. The highest BCUT2D eigenvalue weighted by Crippen LogP contribution is 2.22. The monoisotopic (exact) mass is 387 g/mol. The molecule has 3 rings (SSSR count). The number of anilines is 2. The first-order valence-corrected chi connectivity index (χ1v) is 9.26. The Morgan fingerprint density at radius 3 is 2.71 bits per heavy atom. The lowest BCUT2D eigenvalue weighted by atomic mass is 9.99. The van der Waals surface area contributed by atoms with Gasteiger partial charge in [-0.05, 0) is 62.1 Å². The number of nitrogens with zero attached hydrogens (tertiary/aromatic N) is 2. The fourth-order valence-corrected chi connectivity index (χ4v) is 3.40. The van der Waals surface area contributed by atoms with Crippen LogP contribution in [0.3, 0.4) is 0 Å². The summed E-state index contributed by atoms with van der Waals surface area (Å²) in [7, 11) is 0. The van der Waals surface area contributed by atoms with Crippen molar-refractivity contribution in [3.05, 3.63) is 52.6 Å². The van der Waals surface area contributed by atoms with E-state index in [1.165, 1.54) is 6.42 Å². The summed E-state index contributed by atoms with van der Waals surface area (Å²) in [6.07, 6.45) is 6.11. The molecule has 126 valence electrons. The molecule has 1 aromatic heterocycles. The zero-order valence-electron chi connectivity index (χ0n) is 13.8. The van der Waals surface area contributed by atoms with E-state index >= 15 is 0 Å². The van der Waals surface area contributed by atoms with Crippen molar-refractivity contribution in [1.29, 1.82) is 0 Å². The number of likely N-dealkylation sites (tertiary alicyclic amines) is 1. The van der Waals surface area contributed by atoms with Gasteiger partial charge >= 0.3 is 0 Å². The number of amides is 1. The summed E-state index contributed by atoms with van der Waals surface area (Å²) in [6.45, 7) is 3.01. The van der Waals surface area contributed by atoms with Gasteiger partial charge in [-0.2, -0.15) is 0 Å². The van der Waals surface area contributed by atoms with Gasteiger partial charge in [-0.3, -0.25) is 4.79 Å². The minimum Gasteiger partial charge on any atom is -0.340 e. The Labute approximate surface area is 151 Å². The Morgan fingerprint density at radius 1 is 1.25 bits per heavy atom. The van der Waals surface area contributed by atoms with Crippen molar-refractivity contribution < 1.29 is 4.79 Å². The van der Waals surface area contributed by atoms with Crippen molar-refractivity contribution in [2.45, 2.75) is 38.6 Å². The average Bonchev–Trinajstić information content (AvgIpc) is 2.63. The van der Waals surface area contributed by atoms with Crippen LogP contribution in [-0.4, -0.2) is 28.4 Å². The third kappa shape index (κ3) is 3.96. The van der Waals surface area contributed by atoms with E-state index in [1.54, 1.807) is 6.20 Å². The summed E-state index contributed by atoms with van der Waals surface area (Å²) in [6, 6.07) is 12.0. The number of nitrogens with one attached hydrogen (secondary N) is 1. The molecule has 0 aliphatic carbocycles. The highest BCUT2D eigenvalue weighted by atomic mass is 79.9. The molecular formula is C19H22BrN3O. The van der Waals surface area contributed by atoms with E-state index < -0.39 is 0 Å². The van der Waals surface area contributed by atoms with E-state index in [-0.39, 0.29) is 5.91 Å². The van der Waals surface area contributed by atoms with Crippen LogP contribution in [0, 0.1) is 0 Å². The predicted octanol–water partition coefficient (Wildman–Crippen LogP) is 4.99. The Morgan fingerprint density at radius 2 is 2.04 bits per heavy atom. The number of hydrogen-bond acceptors (Lipinski definition) is 3. The van der Waals surface area contributed by atoms with Gasteiger partial charge in [0.05, 0.1) is 5.56 Å². The first kappa shape index (κ1) is 17.0. The molecule has 0 radical (unpaired) electrons. The lowest BCUT2D eigenvalue weighted by Gasteiger charge is -2.35. The van der Waals surface area contributed by atoms with Crippen LogP contribution in [0.25, 0.3) is 0 Å². The lowest BCUT2D eigenvalue weighted by Crippen LogP contribution is -2.43. The fourth-order valence-electron chi connectivity index (χ4n) is 3.13. The summed E-state index contributed by atoms with van der Waals surface area (Å²) in [5, 5.41) is 3.24. The third-order valence-electron chi connectivity index (χ3n) is 4.49. The summed E-state index contributed by atoms with van der Waals surface area (Å²) < 4.78 is 1.04. The van der Waals surface area contributed by atoms with Crippen molar-refractivity contribution in [2.24, 2.45) is 0 Å². The van der Waals surface area contributed by atoms with Gasteiger partial charge in [-0.1, -0.05) is 22.9 Å². The first-order chi connectivity index (χ1) is 11.7. The zero-order chi connectivity index (χ0) is 16.9. The molecule has 1 aliphatic heterocycles. The Hall–Kier alpha value is -1.88. The quantitative estimate of drug-likeness (QED) is 0.803. The number of halogens is 1. The van der Waals surface area contributed by atoms with Crippen LogP contribution in [-0.2, 0) is 0 Å². The average molecular weight is 388 g/mol. The molecule has 24 heavy (non-hydrogen) atoms. The Kier molecular flexibility index (Phi) is 5.51. The molecule has 1 aromatic carbocycles. The SMILES string of the molecule is CCC1CCCCN1C(=O)c1ccc(Nc2ccc(Br)cc2)nc1. The molecule has 1 unspecified atom stereocenters. The van der Waals surface area contributed by atoms with Crippen molar-refractivity contribution in [2.75, 3.05) is 11.9 Å². The second-order valence-corrected chi connectivity index (χ2v) is 7.04. The number of rotatable bonds is 4. The molecule has 1 atom stereocenters. The Balaban J connectivity index is 1.69. The molecule has 1 saturated heterocycles. The minimum atomic E-state index is 0.101. The summed E-state index contributed by atoms with van der Waals surface area (Å²) in [4.78, 5) is 19.1. The number of carbonyl (C=O) groups excluding carboxylic acids is 1. The zero-order valence-corrected chi connectivity index (χ0v) is 15.4. The van der Waals surface area contributed by atoms with Crippen molar-refractivity contribution >= 4 is 33.3 Å². The third-order valence-corrected chi connectivity index (χ3v) is 5.01. The number of carbonyl (C=O) groups is 1. The second kappa shape index (κ2) is 7.79. The maximum absolute atomic E-state index is 12.7. The molecule has 1 amide bonds. The van der Waals surface area contributed by atoms with Gasteiger partial charge in [-0.25, -0.2) is 4.98 Å². The van der Waals surface area contributed by atoms with Gasteiger partial charge in [0.15, 0.2) is 0 Å². The number of aromatic nitrogens is 1. The standard InChI is InChI=1S/C19H22BrN3O/c1-2-17-5-3-4-12-23(17)19(24)14-6-11-18(21-13-14)22-16-9-7-15(20)8-10-16/h6-11,13,17H,2-5,12H2,1H3,(H,21,22). The van der Waals surface area contributed by atoms with Crippen molar-refractivity contribution in [1.82, 2.24) is 9.88 Å². The molecule has 0 bridgehead atoms. The van der Waals surface area contributed by atoms with Crippen LogP contribution >= 0.6 is 15.9 Å². The van der Waals surface area contributed by atoms with Gasteiger partial charge in [0.25, 0.3) is 5.91 Å². The number of pyridine rings is 1. The molecule has 0 spiro atoms. The highest BCUT2D eigenvalue weighted by molar-refractivity contribution is 9.10. The smallest absolute Gasteiger partial charge is 0.255 e. The van der Waals surface area contributed by atoms with Gasteiger partial charge in [0.1, 0.15) is 5.82 Å². The summed E-state index contributed by atoms with van der Waals surface area (Å²) in [5.74, 6) is 0.837. The van der Waals surface area contributed by atoms with E-state index in [4.69, 9.17) is 0 Å². The molecule has 2 aromatic rings. The maximum atomic E-state index is 12.7. The lowest BCUT2D eigenvalue weighted by molar-refractivity contribution is 0.0607. The normalized spacial score (nSPS) is 17.6. The minimum absolute atomic E-state index is 0.101. The van der Waals surface area contributed by atoms with Gasteiger partial charge < -0.3 is 10.2 Å². The van der Waals surface area contributed by atoms with Crippen LogP contribution in [0.15, 0.2) is 47.1 Å². The number of hydrogen-bond donors (Lipinski definition) is 1. The molecule has 4 nitrogen and oxygen atoms in total. The largest absolute Gasteiger partial charge is 0.340 e. The van der Waals surface area contributed by atoms with E-state index in [0.29, 0.717) is 11.6 Å². The predicted molar refractivity (Wildman–Crippen MR) is 101 cm³/mol. The number of benzene rings is 1. The second-order valence-electron chi connectivity index (χ2n) is 6.12. The van der Waals surface area contributed by atoms with Crippen LogP contribution in [0.5, 0.6) is 0 Å². The van der Waals surface area contributed by atoms with Gasteiger partial charge in [0, 0.05) is 28.9 Å². The molecule has 1 aliphatic rings. The van der Waals surface area contributed by atoms with E-state index in [1.807, 2.05) is 41.3 Å². The van der Waals surface area contributed by atoms with Crippen molar-refractivity contribution in [3.8, 4) is 0 Å². The topological polar surface area (TPSA) is 45.2 Å². The van der Waals surface area contributed by atoms with Crippen molar-refractivity contribution in [3.63, 3.8) is 0 Å². The van der Waals surface area contributed by atoms with Crippen LogP contribution in [0.2, 0.25) is 0 Å². The fraction of sp³-hybridized carbons (Fsp3) is 0.368. The first-order valence-electron chi connectivity index (χ1n) is 8.47. The molecule has 1 fully saturated rings. The molecule has 5 heteroatoms. The maximum Gasteiger partial charge on any atom is 0.255 e. The van der Waals surface area contributed by atoms with Crippen LogP contribution in [0.4, 0.5) is 11.5 Å². The summed E-state index contributed by atoms with van der Waals surface area (Å²) in [5.41, 5.74) is 1.63. The summed E-state index contributed by atoms with van der Waals surface area (Å²) >= 11 is 3.42. The molecular weight excluding hydrogens is 366 g/mol. The molecule has 0 saturated carbocycles. The van der Waals surface area contributed by atoms with E-state index in [9.17, 15) is 4.79 Å². The van der Waals surface area contributed by atoms with Crippen LogP contribution < -0.4 is 5.32 Å². The molecule has 2 heterocycles. The molecule has 1 N–H and O–H groups in total. The van der Waals surface area contributed by atoms with Gasteiger partial charge in [-0.15, -0.1) is 0 Å².